The van der Waals surface area contributed by atoms with Crippen molar-refractivity contribution in [1.29, 1.82) is 0 Å². The molecule has 0 aliphatic heterocycles. The molecule has 0 fully saturated rings. The average Bonchev–Trinajstić information content (AvgIpc) is 2.61. The third-order valence-electron chi connectivity index (χ3n) is 3.38. The Morgan fingerprint density at radius 2 is 1.72 bits per heavy atom. The number of hydrogen-bond acceptors (Lipinski definition) is 4. The summed E-state index contributed by atoms with van der Waals surface area (Å²) in [6.07, 6.45) is 0.425. The summed E-state index contributed by atoms with van der Waals surface area (Å²) in [5, 5.41) is 2.04. The van der Waals surface area contributed by atoms with E-state index in [1.165, 1.54) is 13.2 Å². The Labute approximate surface area is 143 Å². The first-order valence-electron chi connectivity index (χ1n) is 7.52. The van der Waals surface area contributed by atoms with Gasteiger partial charge < -0.3 is 14.8 Å². The van der Waals surface area contributed by atoms with Gasteiger partial charge in [0.1, 0.15) is 23.1 Å². The zero-order chi connectivity index (χ0) is 18.2. The third-order valence-corrected chi connectivity index (χ3v) is 3.38. The van der Waals surface area contributed by atoms with Crippen molar-refractivity contribution in [1.82, 2.24) is 0 Å². The van der Waals surface area contributed by atoms with Crippen molar-refractivity contribution in [2.24, 2.45) is 0 Å². The van der Waals surface area contributed by atoms with Crippen molar-refractivity contribution < 1.29 is 27.8 Å². The molecule has 1 N–H and O–H groups in total. The number of benzene rings is 2. The maximum atomic E-state index is 13.4. The summed E-state index contributed by atoms with van der Waals surface area (Å²) in [5.41, 5.74) is 0.261. The van der Waals surface area contributed by atoms with Crippen LogP contribution in [0.25, 0.3) is 0 Å². The number of methoxy groups -OCH3 is 1. The lowest BCUT2D eigenvalue weighted by Gasteiger charge is -2.09. The molecule has 0 aliphatic carbocycles. The molecule has 0 saturated carbocycles. The number of carbonyl (C=O) groups is 2. The van der Waals surface area contributed by atoms with Gasteiger partial charge in [-0.1, -0.05) is 24.3 Å². The molecule has 0 aliphatic rings. The van der Waals surface area contributed by atoms with E-state index in [9.17, 15) is 18.4 Å². The van der Waals surface area contributed by atoms with Crippen molar-refractivity contribution >= 4 is 17.6 Å². The van der Waals surface area contributed by atoms with Gasteiger partial charge in [-0.15, -0.1) is 0 Å². The molecule has 0 saturated heterocycles. The minimum absolute atomic E-state index is 0.0434. The number of anilines is 1. The van der Waals surface area contributed by atoms with E-state index in [1.54, 1.807) is 6.07 Å². The van der Waals surface area contributed by atoms with Crippen LogP contribution < -0.4 is 10.1 Å². The van der Waals surface area contributed by atoms with Crippen LogP contribution in [0.3, 0.4) is 0 Å². The summed E-state index contributed by atoms with van der Waals surface area (Å²) in [7, 11) is 1.53. The first-order valence-corrected chi connectivity index (χ1v) is 7.52. The number of ether oxygens (including phenoxy) is 2. The number of para-hydroxylation sites is 2. The molecule has 0 heterocycles. The fourth-order valence-electron chi connectivity index (χ4n) is 2.16. The second-order valence-corrected chi connectivity index (χ2v) is 5.12. The van der Waals surface area contributed by atoms with Crippen LogP contribution in [0.5, 0.6) is 5.75 Å². The number of halogens is 2. The molecule has 2 aromatic rings. The number of rotatable bonds is 7. The smallest absolute Gasteiger partial charge is 0.306 e. The number of carbonyl (C=O) groups excluding carboxylic acids is 2. The second kappa shape index (κ2) is 8.77. The SMILES string of the molecule is COc1ccccc1CCC(=O)OCC(=O)Nc1c(F)cccc1F. The lowest BCUT2D eigenvalue weighted by Crippen LogP contribution is -2.22. The summed E-state index contributed by atoms with van der Waals surface area (Å²) >= 11 is 0. The van der Waals surface area contributed by atoms with Crippen LogP contribution >= 0.6 is 0 Å². The van der Waals surface area contributed by atoms with Gasteiger partial charge in [0.25, 0.3) is 5.91 Å². The van der Waals surface area contributed by atoms with Gasteiger partial charge in [-0.25, -0.2) is 8.78 Å². The van der Waals surface area contributed by atoms with Crippen LogP contribution in [0.4, 0.5) is 14.5 Å². The molecule has 25 heavy (non-hydrogen) atoms. The minimum atomic E-state index is -0.907. The molecule has 0 atom stereocenters. The molecule has 2 rings (SSSR count). The van der Waals surface area contributed by atoms with Gasteiger partial charge in [-0.05, 0) is 30.2 Å². The largest absolute Gasteiger partial charge is 0.496 e. The lowest BCUT2D eigenvalue weighted by molar-refractivity contribution is -0.147. The molecule has 1 amide bonds. The van der Waals surface area contributed by atoms with E-state index in [-0.39, 0.29) is 6.42 Å². The van der Waals surface area contributed by atoms with Gasteiger partial charge in [-0.3, -0.25) is 9.59 Å². The predicted molar refractivity (Wildman–Crippen MR) is 87.3 cm³/mol. The van der Waals surface area contributed by atoms with Crippen molar-refractivity contribution in [2.45, 2.75) is 12.8 Å². The third kappa shape index (κ3) is 5.27. The summed E-state index contributed by atoms with van der Waals surface area (Å²) in [6.45, 7) is -0.626. The summed E-state index contributed by atoms with van der Waals surface area (Å²) < 4.78 is 36.8. The average molecular weight is 349 g/mol. The fraction of sp³-hybridized carbons (Fsp3) is 0.222. The second-order valence-electron chi connectivity index (χ2n) is 5.12. The Morgan fingerprint density at radius 3 is 2.40 bits per heavy atom. The van der Waals surface area contributed by atoms with Crippen LogP contribution in [-0.2, 0) is 20.7 Å². The van der Waals surface area contributed by atoms with E-state index in [0.29, 0.717) is 12.2 Å². The zero-order valence-electron chi connectivity index (χ0n) is 13.6. The Balaban J connectivity index is 1.80. The Bertz CT molecular complexity index is 744. The normalized spacial score (nSPS) is 10.2. The predicted octanol–water partition coefficient (Wildman–Crippen LogP) is 3.09. The molecular formula is C18H17F2NO4. The molecule has 0 bridgehead atoms. The van der Waals surface area contributed by atoms with Crippen LogP contribution in [0.15, 0.2) is 42.5 Å². The fourth-order valence-corrected chi connectivity index (χ4v) is 2.16. The number of hydrogen-bond donors (Lipinski definition) is 1. The molecule has 7 heteroatoms. The Hall–Kier alpha value is -2.96. The molecule has 2 aromatic carbocycles. The molecular weight excluding hydrogens is 332 g/mol. The van der Waals surface area contributed by atoms with Crippen molar-refractivity contribution in [3.63, 3.8) is 0 Å². The number of nitrogens with one attached hydrogen (secondary N) is 1. The van der Waals surface area contributed by atoms with E-state index >= 15 is 0 Å². The van der Waals surface area contributed by atoms with Gasteiger partial charge in [0.05, 0.1) is 7.11 Å². The van der Waals surface area contributed by atoms with Crippen LogP contribution in [0, 0.1) is 11.6 Å². The monoisotopic (exact) mass is 349 g/mol. The summed E-state index contributed by atoms with van der Waals surface area (Å²) in [4.78, 5) is 23.4. The molecule has 0 unspecified atom stereocenters. The Kier molecular flexibility index (Phi) is 6.45. The van der Waals surface area contributed by atoms with Gasteiger partial charge in [0.2, 0.25) is 0 Å². The van der Waals surface area contributed by atoms with Crippen molar-refractivity contribution in [2.75, 3.05) is 19.0 Å². The van der Waals surface area contributed by atoms with E-state index in [2.05, 4.69) is 0 Å². The van der Waals surface area contributed by atoms with E-state index in [1.807, 2.05) is 23.5 Å². The maximum Gasteiger partial charge on any atom is 0.306 e. The number of esters is 1. The number of amides is 1. The zero-order valence-corrected chi connectivity index (χ0v) is 13.6. The van der Waals surface area contributed by atoms with Gasteiger partial charge >= 0.3 is 5.97 Å². The number of aryl methyl sites for hydroxylation is 1. The van der Waals surface area contributed by atoms with Gasteiger partial charge in [0, 0.05) is 6.42 Å². The molecule has 5 nitrogen and oxygen atoms in total. The van der Waals surface area contributed by atoms with E-state index in [4.69, 9.17) is 9.47 Å². The first-order chi connectivity index (χ1) is 12.0. The highest BCUT2D eigenvalue weighted by Gasteiger charge is 2.14. The summed E-state index contributed by atoms with van der Waals surface area (Å²) in [5.74, 6) is -2.58. The highest BCUT2D eigenvalue weighted by Crippen LogP contribution is 2.19. The molecule has 0 radical (unpaired) electrons. The van der Waals surface area contributed by atoms with Crippen LogP contribution in [0.2, 0.25) is 0 Å². The maximum absolute atomic E-state index is 13.4. The van der Waals surface area contributed by atoms with Gasteiger partial charge in [-0.2, -0.15) is 0 Å². The first kappa shape index (κ1) is 18.4. The van der Waals surface area contributed by atoms with Crippen LogP contribution in [0.1, 0.15) is 12.0 Å². The highest BCUT2D eigenvalue weighted by atomic mass is 19.1. The van der Waals surface area contributed by atoms with Crippen molar-refractivity contribution in [3.05, 3.63) is 59.7 Å². The van der Waals surface area contributed by atoms with Gasteiger partial charge in [0.15, 0.2) is 6.61 Å². The highest BCUT2D eigenvalue weighted by molar-refractivity contribution is 5.93. The topological polar surface area (TPSA) is 64.6 Å². The molecule has 0 aromatic heterocycles. The lowest BCUT2D eigenvalue weighted by atomic mass is 10.1. The Morgan fingerprint density at radius 1 is 1.04 bits per heavy atom. The molecule has 132 valence electrons. The van der Waals surface area contributed by atoms with E-state index in [0.717, 1.165) is 17.7 Å². The van der Waals surface area contributed by atoms with E-state index < -0.39 is 35.8 Å². The standard InChI is InChI=1S/C18H17F2NO4/c1-24-15-8-3-2-5-12(15)9-10-17(23)25-11-16(22)21-18-13(19)6-4-7-14(18)20/h2-8H,9-11H2,1H3,(H,21,22). The quantitative estimate of drug-likeness (QED) is 0.780. The van der Waals surface area contributed by atoms with Crippen LogP contribution in [-0.4, -0.2) is 25.6 Å². The van der Waals surface area contributed by atoms with Crippen molar-refractivity contribution in [3.8, 4) is 5.75 Å². The minimum Gasteiger partial charge on any atom is -0.496 e. The summed E-state index contributed by atoms with van der Waals surface area (Å²) in [6, 6.07) is 10.4. The molecule has 0 spiro atoms.